The number of hydrogen-bond acceptors (Lipinski definition) is 4. The van der Waals surface area contributed by atoms with Gasteiger partial charge in [0.2, 0.25) is 5.88 Å². The van der Waals surface area contributed by atoms with Gasteiger partial charge in [-0.2, -0.15) is 0 Å². The van der Waals surface area contributed by atoms with E-state index < -0.39 is 0 Å². The second-order valence-electron chi connectivity index (χ2n) is 4.14. The summed E-state index contributed by atoms with van der Waals surface area (Å²) in [5.41, 5.74) is 2.25. The Balaban J connectivity index is 2.22. The number of nitrogens with one attached hydrogen (secondary N) is 1. The molecule has 0 aliphatic carbocycles. The number of ether oxygens (including phenoxy) is 1. The maximum Gasteiger partial charge on any atom is 0.224 e. The average molecular weight is 243 g/mol. The van der Waals surface area contributed by atoms with Crippen LogP contribution in [0.3, 0.4) is 0 Å². The van der Waals surface area contributed by atoms with Crippen molar-refractivity contribution in [3.8, 4) is 11.6 Å². The Kier molecular flexibility index (Phi) is 3.77. The number of rotatable bonds is 4. The normalized spacial score (nSPS) is 10.2. The van der Waals surface area contributed by atoms with Gasteiger partial charge in [-0.25, -0.2) is 9.97 Å². The van der Waals surface area contributed by atoms with Gasteiger partial charge in [0, 0.05) is 12.6 Å². The summed E-state index contributed by atoms with van der Waals surface area (Å²) in [5, 5.41) is 3.13. The number of nitrogens with zero attached hydrogens (tertiary/aromatic N) is 2. The first kappa shape index (κ1) is 12.4. The fourth-order valence-electron chi connectivity index (χ4n) is 1.60. The summed E-state index contributed by atoms with van der Waals surface area (Å²) in [5.74, 6) is 2.15. The van der Waals surface area contributed by atoms with Crippen molar-refractivity contribution in [2.45, 2.75) is 20.8 Å². The summed E-state index contributed by atoms with van der Waals surface area (Å²) in [4.78, 5) is 8.22. The Hall–Kier alpha value is -2.10. The van der Waals surface area contributed by atoms with Crippen LogP contribution in [0, 0.1) is 13.8 Å². The van der Waals surface area contributed by atoms with E-state index in [1.54, 1.807) is 6.07 Å². The zero-order chi connectivity index (χ0) is 13.0. The summed E-state index contributed by atoms with van der Waals surface area (Å²) >= 11 is 0. The predicted molar refractivity (Wildman–Crippen MR) is 72.2 cm³/mol. The Morgan fingerprint density at radius 2 is 2.00 bits per heavy atom. The van der Waals surface area contributed by atoms with Crippen LogP contribution in [0.25, 0.3) is 0 Å². The zero-order valence-electron chi connectivity index (χ0n) is 10.9. The smallest absolute Gasteiger partial charge is 0.224 e. The van der Waals surface area contributed by atoms with E-state index in [9.17, 15) is 0 Å². The summed E-state index contributed by atoms with van der Waals surface area (Å²) in [6.45, 7) is 6.89. The fraction of sp³-hybridized carbons (Fsp3) is 0.286. The van der Waals surface area contributed by atoms with Crippen LogP contribution in [0.4, 0.5) is 5.82 Å². The minimum atomic E-state index is 0.551. The van der Waals surface area contributed by atoms with Gasteiger partial charge in [-0.3, -0.25) is 0 Å². The van der Waals surface area contributed by atoms with Gasteiger partial charge in [-0.05, 0) is 38.0 Å². The Morgan fingerprint density at radius 3 is 2.78 bits per heavy atom. The van der Waals surface area contributed by atoms with Gasteiger partial charge in [0.15, 0.2) is 0 Å². The third kappa shape index (κ3) is 2.97. The van der Waals surface area contributed by atoms with Gasteiger partial charge in [0.25, 0.3) is 0 Å². The molecule has 1 aromatic carbocycles. The van der Waals surface area contributed by atoms with Crippen LogP contribution in [0.2, 0.25) is 0 Å². The van der Waals surface area contributed by atoms with Crippen molar-refractivity contribution in [1.82, 2.24) is 9.97 Å². The van der Waals surface area contributed by atoms with Crippen molar-refractivity contribution in [2.75, 3.05) is 11.9 Å². The number of anilines is 1. The molecule has 0 unspecified atom stereocenters. The van der Waals surface area contributed by atoms with Crippen LogP contribution in [-0.2, 0) is 0 Å². The summed E-state index contributed by atoms with van der Waals surface area (Å²) in [6, 6.07) is 7.90. The number of aromatic nitrogens is 2. The predicted octanol–water partition coefficient (Wildman–Crippen LogP) is 3.32. The van der Waals surface area contributed by atoms with Crippen LogP contribution in [-0.4, -0.2) is 16.5 Å². The molecule has 1 N–H and O–H groups in total. The van der Waals surface area contributed by atoms with E-state index in [0.29, 0.717) is 5.88 Å². The number of aryl methyl sites for hydroxylation is 2. The summed E-state index contributed by atoms with van der Waals surface area (Å²) in [7, 11) is 0. The van der Waals surface area contributed by atoms with E-state index in [0.717, 1.165) is 29.2 Å². The van der Waals surface area contributed by atoms with Crippen LogP contribution >= 0.6 is 0 Å². The molecule has 0 aliphatic heterocycles. The lowest BCUT2D eigenvalue weighted by molar-refractivity contribution is 0.458. The largest absolute Gasteiger partial charge is 0.439 e. The first-order valence-corrected chi connectivity index (χ1v) is 6.00. The molecule has 0 aliphatic rings. The molecule has 0 bridgehead atoms. The standard InChI is InChI=1S/C14H17N3O/c1-4-15-13-8-14(17-9-16-13)18-12-7-10(2)5-6-11(12)3/h5-9H,4H2,1-3H3,(H,15,16,17). The van der Waals surface area contributed by atoms with E-state index in [2.05, 4.69) is 21.4 Å². The second-order valence-corrected chi connectivity index (χ2v) is 4.14. The Bertz CT molecular complexity index is 540. The van der Waals surface area contributed by atoms with Crippen molar-refractivity contribution < 1.29 is 4.74 Å². The monoisotopic (exact) mass is 243 g/mol. The zero-order valence-corrected chi connectivity index (χ0v) is 10.9. The maximum atomic E-state index is 5.79. The molecule has 0 atom stereocenters. The highest BCUT2D eigenvalue weighted by atomic mass is 16.5. The quantitative estimate of drug-likeness (QED) is 0.894. The van der Waals surface area contributed by atoms with Gasteiger partial charge in [0.1, 0.15) is 17.9 Å². The van der Waals surface area contributed by atoms with E-state index in [4.69, 9.17) is 4.74 Å². The topological polar surface area (TPSA) is 47.0 Å². The van der Waals surface area contributed by atoms with E-state index >= 15 is 0 Å². The molecule has 0 radical (unpaired) electrons. The van der Waals surface area contributed by atoms with E-state index in [-0.39, 0.29) is 0 Å². The first-order valence-electron chi connectivity index (χ1n) is 6.00. The number of hydrogen-bond donors (Lipinski definition) is 1. The molecule has 0 amide bonds. The fourth-order valence-corrected chi connectivity index (χ4v) is 1.60. The van der Waals surface area contributed by atoms with Gasteiger partial charge in [-0.1, -0.05) is 12.1 Å². The molecular weight excluding hydrogens is 226 g/mol. The molecular formula is C14H17N3O. The van der Waals surface area contributed by atoms with Gasteiger partial charge in [-0.15, -0.1) is 0 Å². The minimum absolute atomic E-state index is 0.551. The number of benzene rings is 1. The van der Waals surface area contributed by atoms with Crippen LogP contribution in [0.5, 0.6) is 11.6 Å². The minimum Gasteiger partial charge on any atom is -0.439 e. The lowest BCUT2D eigenvalue weighted by Crippen LogP contribution is -2.00. The van der Waals surface area contributed by atoms with Gasteiger partial charge in [0.05, 0.1) is 0 Å². The Morgan fingerprint density at radius 1 is 1.17 bits per heavy atom. The third-order valence-electron chi connectivity index (χ3n) is 2.56. The third-order valence-corrected chi connectivity index (χ3v) is 2.56. The highest BCUT2D eigenvalue weighted by Gasteiger charge is 2.04. The lowest BCUT2D eigenvalue weighted by atomic mass is 10.1. The average Bonchev–Trinajstić information content (AvgIpc) is 2.35. The molecule has 94 valence electrons. The molecule has 4 nitrogen and oxygen atoms in total. The van der Waals surface area contributed by atoms with Crippen molar-refractivity contribution in [2.24, 2.45) is 0 Å². The van der Waals surface area contributed by atoms with Crippen molar-refractivity contribution in [1.29, 1.82) is 0 Å². The molecule has 18 heavy (non-hydrogen) atoms. The molecule has 1 heterocycles. The summed E-state index contributed by atoms with van der Waals surface area (Å²) < 4.78 is 5.79. The lowest BCUT2D eigenvalue weighted by Gasteiger charge is -2.09. The molecule has 0 spiro atoms. The second kappa shape index (κ2) is 5.49. The SMILES string of the molecule is CCNc1cc(Oc2cc(C)ccc2C)ncn1. The molecule has 1 aromatic heterocycles. The first-order chi connectivity index (χ1) is 8.69. The highest BCUT2D eigenvalue weighted by Crippen LogP contribution is 2.25. The van der Waals surface area contributed by atoms with Crippen LogP contribution < -0.4 is 10.1 Å². The van der Waals surface area contributed by atoms with E-state index in [1.807, 2.05) is 32.9 Å². The Labute approximate surface area is 107 Å². The molecule has 4 heteroatoms. The van der Waals surface area contributed by atoms with Crippen molar-refractivity contribution in [3.63, 3.8) is 0 Å². The van der Waals surface area contributed by atoms with Crippen molar-refractivity contribution >= 4 is 5.82 Å². The van der Waals surface area contributed by atoms with E-state index in [1.165, 1.54) is 6.33 Å². The van der Waals surface area contributed by atoms with Crippen molar-refractivity contribution in [3.05, 3.63) is 41.7 Å². The summed E-state index contributed by atoms with van der Waals surface area (Å²) in [6.07, 6.45) is 1.50. The van der Waals surface area contributed by atoms with Gasteiger partial charge < -0.3 is 10.1 Å². The highest BCUT2D eigenvalue weighted by molar-refractivity contribution is 5.41. The van der Waals surface area contributed by atoms with Crippen LogP contribution in [0.15, 0.2) is 30.6 Å². The molecule has 0 saturated carbocycles. The van der Waals surface area contributed by atoms with Crippen LogP contribution in [0.1, 0.15) is 18.1 Å². The van der Waals surface area contributed by atoms with Gasteiger partial charge >= 0.3 is 0 Å². The maximum absolute atomic E-state index is 5.79. The molecule has 0 saturated heterocycles. The molecule has 2 rings (SSSR count). The molecule has 0 fully saturated rings. The molecule has 2 aromatic rings.